The summed E-state index contributed by atoms with van der Waals surface area (Å²) < 4.78 is 9.88. The SMILES string of the molecule is COC(=O)/C(=C/c1ccc(C(C)C)cc1)NC(=O)OCc1ccccc1. The van der Waals surface area contributed by atoms with Gasteiger partial charge in [0.15, 0.2) is 0 Å². The molecule has 2 rings (SSSR count). The highest BCUT2D eigenvalue weighted by Gasteiger charge is 2.14. The zero-order chi connectivity index (χ0) is 18.9. The van der Waals surface area contributed by atoms with Gasteiger partial charge in [0.2, 0.25) is 0 Å². The number of hydrogen-bond acceptors (Lipinski definition) is 4. The molecule has 5 nitrogen and oxygen atoms in total. The first-order valence-corrected chi connectivity index (χ1v) is 8.37. The Morgan fingerprint density at radius 3 is 2.27 bits per heavy atom. The van der Waals surface area contributed by atoms with E-state index in [1.807, 2.05) is 54.6 Å². The molecule has 0 aliphatic heterocycles. The number of carbonyl (C=O) groups excluding carboxylic acids is 2. The van der Waals surface area contributed by atoms with E-state index < -0.39 is 12.1 Å². The van der Waals surface area contributed by atoms with Crippen molar-refractivity contribution >= 4 is 18.1 Å². The Bertz CT molecular complexity index is 764. The van der Waals surface area contributed by atoms with Gasteiger partial charge in [-0.05, 0) is 28.7 Å². The lowest BCUT2D eigenvalue weighted by Crippen LogP contribution is -2.28. The first-order chi connectivity index (χ1) is 12.5. The second-order valence-corrected chi connectivity index (χ2v) is 6.06. The maximum Gasteiger partial charge on any atom is 0.412 e. The zero-order valence-electron chi connectivity index (χ0n) is 15.2. The molecular formula is C21H23NO4. The fraction of sp³-hybridized carbons (Fsp3) is 0.238. The van der Waals surface area contributed by atoms with Crippen LogP contribution in [0.1, 0.15) is 36.5 Å². The van der Waals surface area contributed by atoms with Crippen LogP contribution < -0.4 is 5.32 Å². The van der Waals surface area contributed by atoms with E-state index in [0.717, 1.165) is 11.1 Å². The van der Waals surface area contributed by atoms with Crippen LogP contribution in [0.5, 0.6) is 0 Å². The number of hydrogen-bond donors (Lipinski definition) is 1. The summed E-state index contributed by atoms with van der Waals surface area (Å²) >= 11 is 0. The first kappa shape index (κ1) is 19.2. The molecule has 0 heterocycles. The largest absolute Gasteiger partial charge is 0.464 e. The molecule has 0 bridgehead atoms. The van der Waals surface area contributed by atoms with E-state index in [9.17, 15) is 9.59 Å². The van der Waals surface area contributed by atoms with Crippen molar-refractivity contribution < 1.29 is 19.1 Å². The van der Waals surface area contributed by atoms with E-state index in [-0.39, 0.29) is 12.3 Å². The number of ether oxygens (including phenoxy) is 2. The maximum atomic E-state index is 12.0. The van der Waals surface area contributed by atoms with Crippen LogP contribution in [-0.4, -0.2) is 19.2 Å². The van der Waals surface area contributed by atoms with Gasteiger partial charge in [0.25, 0.3) is 0 Å². The highest BCUT2D eigenvalue weighted by molar-refractivity contribution is 5.96. The molecule has 26 heavy (non-hydrogen) atoms. The van der Waals surface area contributed by atoms with E-state index in [1.165, 1.54) is 12.7 Å². The Morgan fingerprint density at radius 1 is 1.04 bits per heavy atom. The molecule has 0 fully saturated rings. The van der Waals surface area contributed by atoms with Crippen LogP contribution in [0.15, 0.2) is 60.3 Å². The Balaban J connectivity index is 2.06. The molecule has 2 aromatic rings. The summed E-state index contributed by atoms with van der Waals surface area (Å²) in [6, 6.07) is 17.0. The third-order valence-electron chi connectivity index (χ3n) is 3.77. The monoisotopic (exact) mass is 353 g/mol. The van der Waals surface area contributed by atoms with Crippen molar-refractivity contribution in [3.05, 3.63) is 77.0 Å². The van der Waals surface area contributed by atoms with Crippen molar-refractivity contribution in [1.29, 1.82) is 0 Å². The van der Waals surface area contributed by atoms with Gasteiger partial charge in [-0.1, -0.05) is 68.4 Å². The maximum absolute atomic E-state index is 12.0. The number of nitrogens with one attached hydrogen (secondary N) is 1. The van der Waals surface area contributed by atoms with E-state index in [0.29, 0.717) is 5.92 Å². The fourth-order valence-electron chi connectivity index (χ4n) is 2.27. The molecule has 2 aromatic carbocycles. The van der Waals surface area contributed by atoms with Gasteiger partial charge in [-0.25, -0.2) is 9.59 Å². The summed E-state index contributed by atoms with van der Waals surface area (Å²) in [4.78, 5) is 23.9. The first-order valence-electron chi connectivity index (χ1n) is 8.37. The number of alkyl carbamates (subject to hydrolysis) is 1. The average molecular weight is 353 g/mol. The summed E-state index contributed by atoms with van der Waals surface area (Å²) in [5.74, 6) is -0.228. The molecule has 0 saturated heterocycles. The number of esters is 1. The fourth-order valence-corrected chi connectivity index (χ4v) is 2.27. The summed E-state index contributed by atoms with van der Waals surface area (Å²) in [7, 11) is 1.26. The molecule has 1 N–H and O–H groups in total. The van der Waals surface area contributed by atoms with Gasteiger partial charge < -0.3 is 9.47 Å². The van der Waals surface area contributed by atoms with E-state index in [2.05, 4.69) is 19.2 Å². The summed E-state index contributed by atoms with van der Waals surface area (Å²) in [6.45, 7) is 4.33. The predicted octanol–water partition coefficient (Wildman–Crippen LogP) is 4.25. The van der Waals surface area contributed by atoms with E-state index in [4.69, 9.17) is 9.47 Å². The lowest BCUT2D eigenvalue weighted by atomic mass is 10.0. The quantitative estimate of drug-likeness (QED) is 0.623. The normalized spacial score (nSPS) is 11.2. The van der Waals surface area contributed by atoms with E-state index >= 15 is 0 Å². The zero-order valence-corrected chi connectivity index (χ0v) is 15.2. The van der Waals surface area contributed by atoms with Gasteiger partial charge in [0, 0.05) is 0 Å². The van der Waals surface area contributed by atoms with Crippen LogP contribution in [0.3, 0.4) is 0 Å². The average Bonchev–Trinajstić information content (AvgIpc) is 2.66. The molecule has 0 aliphatic rings. The molecular weight excluding hydrogens is 330 g/mol. The minimum atomic E-state index is -0.718. The van der Waals surface area contributed by atoms with Gasteiger partial charge in [0.05, 0.1) is 7.11 Å². The highest BCUT2D eigenvalue weighted by atomic mass is 16.6. The van der Waals surface area contributed by atoms with Gasteiger partial charge >= 0.3 is 12.1 Å². The number of methoxy groups -OCH3 is 1. The van der Waals surface area contributed by atoms with Crippen LogP contribution >= 0.6 is 0 Å². The van der Waals surface area contributed by atoms with Crippen molar-refractivity contribution in [2.45, 2.75) is 26.4 Å². The van der Waals surface area contributed by atoms with Crippen LogP contribution in [0.2, 0.25) is 0 Å². The standard InChI is InChI=1S/C21H23NO4/c1-15(2)18-11-9-16(10-12-18)13-19(20(23)25-3)22-21(24)26-14-17-7-5-4-6-8-17/h4-13,15H,14H2,1-3H3,(H,22,24)/b19-13-. The van der Waals surface area contributed by atoms with Crippen LogP contribution in [0, 0.1) is 0 Å². The lowest BCUT2D eigenvalue weighted by Gasteiger charge is -2.10. The number of rotatable bonds is 6. The molecule has 0 aliphatic carbocycles. The third kappa shape index (κ3) is 5.77. The molecule has 5 heteroatoms. The van der Waals surface area contributed by atoms with Gasteiger partial charge in [0.1, 0.15) is 12.3 Å². The van der Waals surface area contributed by atoms with Crippen molar-refractivity contribution in [3.8, 4) is 0 Å². The Morgan fingerprint density at radius 2 is 1.69 bits per heavy atom. The number of benzene rings is 2. The number of amides is 1. The molecule has 0 saturated carbocycles. The topological polar surface area (TPSA) is 64.6 Å². The Labute approximate surface area is 153 Å². The van der Waals surface area contributed by atoms with Crippen LogP contribution in [-0.2, 0) is 20.9 Å². The summed E-state index contributed by atoms with van der Waals surface area (Å²) in [5.41, 5.74) is 2.84. The van der Waals surface area contributed by atoms with E-state index in [1.54, 1.807) is 6.08 Å². The van der Waals surface area contributed by atoms with Crippen LogP contribution in [0.4, 0.5) is 4.79 Å². The smallest absolute Gasteiger partial charge is 0.412 e. The van der Waals surface area contributed by atoms with Crippen molar-refractivity contribution in [3.63, 3.8) is 0 Å². The van der Waals surface area contributed by atoms with Gasteiger partial charge in [-0.15, -0.1) is 0 Å². The minimum Gasteiger partial charge on any atom is -0.464 e. The van der Waals surface area contributed by atoms with Crippen molar-refractivity contribution in [2.75, 3.05) is 7.11 Å². The third-order valence-corrected chi connectivity index (χ3v) is 3.77. The molecule has 136 valence electrons. The number of carbonyl (C=O) groups is 2. The van der Waals surface area contributed by atoms with Gasteiger partial charge in [-0.2, -0.15) is 0 Å². The molecule has 0 aromatic heterocycles. The Kier molecular flexibility index (Phi) is 6.97. The molecule has 1 amide bonds. The van der Waals surface area contributed by atoms with Gasteiger partial charge in [-0.3, -0.25) is 5.32 Å². The second-order valence-electron chi connectivity index (χ2n) is 6.06. The molecule has 0 spiro atoms. The molecule has 0 unspecified atom stereocenters. The lowest BCUT2D eigenvalue weighted by molar-refractivity contribution is -0.136. The molecule has 0 radical (unpaired) electrons. The Hall–Kier alpha value is -3.08. The minimum absolute atomic E-state index is 0.0165. The van der Waals surface area contributed by atoms with Crippen molar-refractivity contribution in [1.82, 2.24) is 5.32 Å². The molecule has 0 atom stereocenters. The highest BCUT2D eigenvalue weighted by Crippen LogP contribution is 2.16. The van der Waals surface area contributed by atoms with Crippen LogP contribution in [0.25, 0.3) is 6.08 Å². The summed E-state index contributed by atoms with van der Waals surface area (Å²) in [6.07, 6.45) is 0.837. The second kappa shape index (κ2) is 9.42. The van der Waals surface area contributed by atoms with Crippen molar-refractivity contribution in [2.24, 2.45) is 0 Å². The summed E-state index contributed by atoms with van der Waals surface area (Å²) in [5, 5.41) is 2.45. The predicted molar refractivity (Wildman–Crippen MR) is 100 cm³/mol.